The lowest BCUT2D eigenvalue weighted by Gasteiger charge is -2.17. The van der Waals surface area contributed by atoms with Crippen molar-refractivity contribution in [2.24, 2.45) is 0 Å². The first-order chi connectivity index (χ1) is 11.5. The van der Waals surface area contributed by atoms with Gasteiger partial charge in [-0.2, -0.15) is 0 Å². The van der Waals surface area contributed by atoms with E-state index in [1.165, 1.54) is 35.2 Å². The third-order valence-electron chi connectivity index (χ3n) is 3.82. The molecule has 4 nitrogen and oxygen atoms in total. The Bertz CT molecular complexity index is 796. The largest absolute Gasteiger partial charge is 0.340 e. The van der Waals surface area contributed by atoms with Crippen molar-refractivity contribution in [3.8, 4) is 0 Å². The maximum Gasteiger partial charge on any atom is 0.253 e. The van der Waals surface area contributed by atoms with Crippen molar-refractivity contribution in [2.75, 3.05) is 11.4 Å². The molecule has 1 fully saturated rings. The number of halogens is 3. The van der Waals surface area contributed by atoms with Gasteiger partial charge in [0.2, 0.25) is 5.91 Å². The van der Waals surface area contributed by atoms with E-state index in [0.29, 0.717) is 18.7 Å². The summed E-state index contributed by atoms with van der Waals surface area (Å²) in [7, 11) is 0. The Morgan fingerprint density at radius 3 is 2.46 bits per heavy atom. The highest BCUT2D eigenvalue weighted by molar-refractivity contribution is 6.33. The fourth-order valence-electron chi connectivity index (χ4n) is 2.60. The summed E-state index contributed by atoms with van der Waals surface area (Å²) >= 11 is 5.85. The number of carbonyl (C=O) groups excluding carboxylic acids is 2. The molecule has 0 aromatic heterocycles. The van der Waals surface area contributed by atoms with E-state index >= 15 is 0 Å². The summed E-state index contributed by atoms with van der Waals surface area (Å²) in [5.41, 5.74) is 0.670. The van der Waals surface area contributed by atoms with Gasteiger partial charge >= 0.3 is 0 Å². The minimum absolute atomic E-state index is 0.0201. The van der Waals surface area contributed by atoms with Crippen LogP contribution in [0.15, 0.2) is 42.5 Å². The molecule has 1 N–H and O–H groups in total. The maximum absolute atomic E-state index is 13.0. The Hall–Kier alpha value is -2.47. The lowest BCUT2D eigenvalue weighted by Crippen LogP contribution is -2.41. The van der Waals surface area contributed by atoms with Crippen LogP contribution < -0.4 is 10.2 Å². The van der Waals surface area contributed by atoms with E-state index in [0.717, 1.165) is 12.1 Å². The topological polar surface area (TPSA) is 49.4 Å². The summed E-state index contributed by atoms with van der Waals surface area (Å²) in [6, 6.07) is 8.29. The molecule has 1 atom stereocenters. The molecule has 0 saturated carbocycles. The van der Waals surface area contributed by atoms with Crippen molar-refractivity contribution >= 4 is 29.1 Å². The first-order valence-electron chi connectivity index (χ1n) is 7.28. The fourth-order valence-corrected chi connectivity index (χ4v) is 2.85. The van der Waals surface area contributed by atoms with Crippen molar-refractivity contribution in [1.82, 2.24) is 5.32 Å². The van der Waals surface area contributed by atoms with Crippen LogP contribution in [0.5, 0.6) is 0 Å². The second kappa shape index (κ2) is 6.57. The van der Waals surface area contributed by atoms with Gasteiger partial charge in [0, 0.05) is 12.2 Å². The summed E-state index contributed by atoms with van der Waals surface area (Å²) in [5, 5.41) is 2.59. The van der Waals surface area contributed by atoms with E-state index in [2.05, 4.69) is 5.32 Å². The minimum Gasteiger partial charge on any atom is -0.340 e. The van der Waals surface area contributed by atoms with Crippen molar-refractivity contribution in [2.45, 2.75) is 12.5 Å². The quantitative estimate of drug-likeness (QED) is 0.924. The SMILES string of the molecule is O=C(N[C@H]1CCN(c2ccc(F)cc2)C1=O)c1ccc(F)cc1Cl. The van der Waals surface area contributed by atoms with Crippen LogP contribution in [-0.2, 0) is 4.79 Å². The highest BCUT2D eigenvalue weighted by atomic mass is 35.5. The van der Waals surface area contributed by atoms with Gasteiger partial charge in [-0.25, -0.2) is 8.78 Å². The molecule has 7 heteroatoms. The number of benzene rings is 2. The number of nitrogens with zero attached hydrogens (tertiary/aromatic N) is 1. The van der Waals surface area contributed by atoms with Gasteiger partial charge in [0.25, 0.3) is 5.91 Å². The number of hydrogen-bond donors (Lipinski definition) is 1. The minimum atomic E-state index is -0.705. The molecule has 1 heterocycles. The van der Waals surface area contributed by atoms with Crippen molar-refractivity contribution < 1.29 is 18.4 Å². The molecule has 1 saturated heterocycles. The molecule has 2 aromatic carbocycles. The zero-order valence-corrected chi connectivity index (χ0v) is 13.2. The zero-order valence-electron chi connectivity index (χ0n) is 12.4. The van der Waals surface area contributed by atoms with Crippen molar-refractivity contribution in [3.63, 3.8) is 0 Å². The molecular formula is C17H13ClF2N2O2. The molecule has 0 spiro atoms. The van der Waals surface area contributed by atoms with Crippen LogP contribution in [-0.4, -0.2) is 24.4 Å². The maximum atomic E-state index is 13.0. The molecule has 0 radical (unpaired) electrons. The number of nitrogens with one attached hydrogen (secondary N) is 1. The lowest BCUT2D eigenvalue weighted by molar-refractivity contribution is -0.118. The number of hydrogen-bond acceptors (Lipinski definition) is 2. The van der Waals surface area contributed by atoms with E-state index in [9.17, 15) is 18.4 Å². The molecule has 0 aliphatic carbocycles. The fraction of sp³-hybridized carbons (Fsp3) is 0.176. The van der Waals surface area contributed by atoms with Gasteiger partial charge in [-0.15, -0.1) is 0 Å². The van der Waals surface area contributed by atoms with E-state index in [1.807, 2.05) is 0 Å². The standard InChI is InChI=1S/C17H13ClF2N2O2/c18-14-9-11(20)3-6-13(14)16(23)21-15-7-8-22(17(15)24)12-4-1-10(19)2-5-12/h1-6,9,15H,7-8H2,(H,21,23)/t15-/m0/s1. The van der Waals surface area contributed by atoms with Gasteiger partial charge in [0.1, 0.15) is 17.7 Å². The van der Waals surface area contributed by atoms with Gasteiger partial charge in [0.15, 0.2) is 0 Å². The Morgan fingerprint density at radius 2 is 1.79 bits per heavy atom. The van der Waals surface area contributed by atoms with Gasteiger partial charge < -0.3 is 10.2 Å². The van der Waals surface area contributed by atoms with Crippen LogP contribution in [0.25, 0.3) is 0 Å². The van der Waals surface area contributed by atoms with Crippen LogP contribution in [0, 0.1) is 11.6 Å². The van der Waals surface area contributed by atoms with E-state index < -0.39 is 17.8 Å². The van der Waals surface area contributed by atoms with Gasteiger partial charge in [-0.3, -0.25) is 9.59 Å². The van der Waals surface area contributed by atoms with Crippen molar-refractivity contribution in [3.05, 3.63) is 64.7 Å². The summed E-state index contributed by atoms with van der Waals surface area (Å²) in [5.74, 6) is -1.76. The average molecular weight is 351 g/mol. The predicted molar refractivity (Wildman–Crippen MR) is 86.0 cm³/mol. The van der Waals surface area contributed by atoms with E-state index in [-0.39, 0.29) is 22.3 Å². The Labute approximate surface area is 142 Å². The van der Waals surface area contributed by atoms with Gasteiger partial charge in [-0.1, -0.05) is 11.6 Å². The van der Waals surface area contributed by atoms with Gasteiger partial charge in [0.05, 0.1) is 10.6 Å². The first kappa shape index (κ1) is 16.4. The number of anilines is 1. The molecular weight excluding hydrogens is 338 g/mol. The van der Waals surface area contributed by atoms with E-state index in [1.54, 1.807) is 0 Å². The third kappa shape index (κ3) is 3.23. The highest BCUT2D eigenvalue weighted by Gasteiger charge is 2.34. The number of rotatable bonds is 3. The molecule has 1 aliphatic rings. The monoisotopic (exact) mass is 350 g/mol. The summed E-state index contributed by atoms with van der Waals surface area (Å²) < 4.78 is 26.0. The van der Waals surface area contributed by atoms with Crippen LogP contribution in [0.2, 0.25) is 5.02 Å². The lowest BCUT2D eigenvalue weighted by atomic mass is 10.1. The Morgan fingerprint density at radius 1 is 1.12 bits per heavy atom. The highest BCUT2D eigenvalue weighted by Crippen LogP contribution is 2.23. The third-order valence-corrected chi connectivity index (χ3v) is 4.14. The summed E-state index contributed by atoms with van der Waals surface area (Å²) in [4.78, 5) is 26.1. The van der Waals surface area contributed by atoms with Crippen LogP contribution in [0.4, 0.5) is 14.5 Å². The number of amides is 2. The molecule has 2 amide bonds. The number of carbonyl (C=O) groups is 2. The Balaban J connectivity index is 1.71. The first-order valence-corrected chi connectivity index (χ1v) is 7.66. The normalized spacial score (nSPS) is 17.2. The van der Waals surface area contributed by atoms with Crippen LogP contribution >= 0.6 is 11.6 Å². The Kier molecular flexibility index (Phi) is 4.49. The molecule has 2 aromatic rings. The molecule has 3 rings (SSSR count). The second-order valence-corrected chi connectivity index (χ2v) is 5.81. The second-order valence-electron chi connectivity index (χ2n) is 5.41. The smallest absolute Gasteiger partial charge is 0.253 e. The molecule has 24 heavy (non-hydrogen) atoms. The van der Waals surface area contributed by atoms with Crippen LogP contribution in [0.1, 0.15) is 16.8 Å². The summed E-state index contributed by atoms with van der Waals surface area (Å²) in [6.07, 6.45) is 0.417. The molecule has 0 unspecified atom stereocenters. The molecule has 0 bridgehead atoms. The molecule has 124 valence electrons. The van der Waals surface area contributed by atoms with Crippen LogP contribution in [0.3, 0.4) is 0 Å². The predicted octanol–water partition coefficient (Wildman–Crippen LogP) is 3.15. The van der Waals surface area contributed by atoms with Gasteiger partial charge in [-0.05, 0) is 48.9 Å². The van der Waals surface area contributed by atoms with Crippen molar-refractivity contribution in [1.29, 1.82) is 0 Å². The molecule has 1 aliphatic heterocycles. The average Bonchev–Trinajstić information content (AvgIpc) is 2.89. The zero-order chi connectivity index (χ0) is 17.3. The van der Waals surface area contributed by atoms with E-state index in [4.69, 9.17) is 11.6 Å². The summed E-state index contributed by atoms with van der Waals surface area (Å²) in [6.45, 7) is 0.409.